The number of aromatic nitrogens is 4. The first-order valence-electron chi connectivity index (χ1n) is 8.07. The first-order valence-corrected chi connectivity index (χ1v) is 8.07. The van der Waals surface area contributed by atoms with Crippen LogP contribution >= 0.6 is 0 Å². The van der Waals surface area contributed by atoms with Crippen LogP contribution in [0.3, 0.4) is 0 Å². The maximum Gasteiger partial charge on any atom is 0.253 e. The lowest BCUT2D eigenvalue weighted by atomic mass is 10.1. The average Bonchev–Trinajstić information content (AvgIpc) is 3.31. The van der Waals surface area contributed by atoms with Crippen LogP contribution in [-0.4, -0.2) is 25.9 Å². The highest BCUT2D eigenvalue weighted by Gasteiger charge is 2.17. The Labute approximate surface area is 144 Å². The van der Waals surface area contributed by atoms with Gasteiger partial charge in [0.1, 0.15) is 5.69 Å². The van der Waals surface area contributed by atoms with Crippen LogP contribution in [0.2, 0.25) is 0 Å². The standard InChI is InChI=1S/C19H17N5O/c1-13(17-12-24(23-22-17)15-7-3-2-4-8-15)21-19(25)16-9-5-6-14-10-11-20-18(14)16/h2-13,20H,1H3,(H,21,25)/t13-/m0/s1. The van der Waals surface area contributed by atoms with Crippen LogP contribution in [0.25, 0.3) is 16.6 Å². The Hall–Kier alpha value is -3.41. The molecule has 2 N–H and O–H groups in total. The monoisotopic (exact) mass is 331 g/mol. The molecule has 0 spiro atoms. The van der Waals surface area contributed by atoms with Gasteiger partial charge in [-0.1, -0.05) is 35.5 Å². The fourth-order valence-electron chi connectivity index (χ4n) is 2.80. The van der Waals surface area contributed by atoms with E-state index in [2.05, 4.69) is 20.6 Å². The van der Waals surface area contributed by atoms with Crippen molar-refractivity contribution in [2.45, 2.75) is 13.0 Å². The molecule has 0 aliphatic heterocycles. The molecule has 4 aromatic rings. The molecule has 124 valence electrons. The van der Waals surface area contributed by atoms with Crippen LogP contribution in [0.1, 0.15) is 29.0 Å². The van der Waals surface area contributed by atoms with Gasteiger partial charge in [0.2, 0.25) is 0 Å². The maximum absolute atomic E-state index is 12.6. The summed E-state index contributed by atoms with van der Waals surface area (Å²) in [6.07, 6.45) is 3.66. The lowest BCUT2D eigenvalue weighted by Crippen LogP contribution is -2.27. The molecule has 6 nitrogen and oxygen atoms in total. The predicted octanol–water partition coefficient (Wildman–Crippen LogP) is 3.24. The molecule has 6 heteroatoms. The van der Waals surface area contributed by atoms with Crippen LogP contribution in [0.5, 0.6) is 0 Å². The van der Waals surface area contributed by atoms with Gasteiger partial charge in [0.15, 0.2) is 0 Å². The minimum Gasteiger partial charge on any atom is -0.361 e. The van der Waals surface area contributed by atoms with Crippen molar-refractivity contribution in [1.82, 2.24) is 25.3 Å². The Morgan fingerprint density at radius 2 is 1.96 bits per heavy atom. The molecular weight excluding hydrogens is 314 g/mol. The van der Waals surface area contributed by atoms with E-state index in [-0.39, 0.29) is 11.9 Å². The van der Waals surface area contributed by atoms with Crippen molar-refractivity contribution in [3.63, 3.8) is 0 Å². The summed E-state index contributed by atoms with van der Waals surface area (Å²) in [5.41, 5.74) is 3.08. The maximum atomic E-state index is 12.6. The van der Waals surface area contributed by atoms with Crippen molar-refractivity contribution in [3.8, 4) is 5.69 Å². The Kier molecular flexibility index (Phi) is 3.78. The zero-order chi connectivity index (χ0) is 17.2. The molecular formula is C19H17N5O. The first-order chi connectivity index (χ1) is 12.2. The minimum absolute atomic E-state index is 0.144. The molecule has 1 atom stereocenters. The summed E-state index contributed by atoms with van der Waals surface area (Å²) in [5, 5.41) is 12.3. The van der Waals surface area contributed by atoms with E-state index in [1.54, 1.807) is 4.68 Å². The fourth-order valence-corrected chi connectivity index (χ4v) is 2.80. The van der Waals surface area contributed by atoms with E-state index in [4.69, 9.17) is 0 Å². The van der Waals surface area contributed by atoms with Gasteiger partial charge in [-0.3, -0.25) is 4.79 Å². The molecule has 2 heterocycles. The van der Waals surface area contributed by atoms with Crippen molar-refractivity contribution < 1.29 is 4.79 Å². The number of hydrogen-bond donors (Lipinski definition) is 2. The number of para-hydroxylation sites is 2. The number of fused-ring (bicyclic) bond motifs is 1. The SMILES string of the molecule is C[C@H](NC(=O)c1cccc2cc[nH]c12)c1cn(-c2ccccc2)nn1. The third-order valence-corrected chi connectivity index (χ3v) is 4.15. The number of H-pyrrole nitrogens is 1. The van der Waals surface area contributed by atoms with Crippen molar-refractivity contribution in [2.75, 3.05) is 0 Å². The van der Waals surface area contributed by atoms with E-state index in [9.17, 15) is 4.79 Å². The van der Waals surface area contributed by atoms with E-state index in [0.717, 1.165) is 16.6 Å². The Bertz CT molecular complexity index is 1020. The summed E-state index contributed by atoms with van der Waals surface area (Å²) in [7, 11) is 0. The molecule has 0 radical (unpaired) electrons. The van der Waals surface area contributed by atoms with Gasteiger partial charge in [0, 0.05) is 11.6 Å². The summed E-state index contributed by atoms with van der Waals surface area (Å²) in [4.78, 5) is 15.7. The zero-order valence-electron chi connectivity index (χ0n) is 13.7. The van der Waals surface area contributed by atoms with Gasteiger partial charge in [0.25, 0.3) is 5.91 Å². The number of hydrogen-bond acceptors (Lipinski definition) is 3. The third kappa shape index (κ3) is 2.89. The molecule has 2 aromatic heterocycles. The second-order valence-corrected chi connectivity index (χ2v) is 5.87. The fraction of sp³-hybridized carbons (Fsp3) is 0.105. The molecule has 25 heavy (non-hydrogen) atoms. The molecule has 0 saturated carbocycles. The predicted molar refractivity (Wildman–Crippen MR) is 95.5 cm³/mol. The van der Waals surface area contributed by atoms with Crippen LogP contribution in [0.15, 0.2) is 67.0 Å². The summed E-state index contributed by atoms with van der Waals surface area (Å²) in [6, 6.07) is 17.1. The summed E-state index contributed by atoms with van der Waals surface area (Å²) in [5.74, 6) is -0.144. The van der Waals surface area contributed by atoms with Crippen molar-refractivity contribution in [1.29, 1.82) is 0 Å². The third-order valence-electron chi connectivity index (χ3n) is 4.15. The van der Waals surface area contributed by atoms with Gasteiger partial charge in [-0.15, -0.1) is 5.10 Å². The topological polar surface area (TPSA) is 75.6 Å². The van der Waals surface area contributed by atoms with Gasteiger partial charge < -0.3 is 10.3 Å². The quantitative estimate of drug-likeness (QED) is 0.603. The second-order valence-electron chi connectivity index (χ2n) is 5.87. The van der Waals surface area contributed by atoms with Gasteiger partial charge in [0.05, 0.1) is 29.0 Å². The van der Waals surface area contributed by atoms with E-state index >= 15 is 0 Å². The summed E-state index contributed by atoms with van der Waals surface area (Å²) in [6.45, 7) is 1.89. The normalized spacial score (nSPS) is 12.2. The number of benzene rings is 2. The van der Waals surface area contributed by atoms with Crippen LogP contribution in [0.4, 0.5) is 0 Å². The average molecular weight is 331 g/mol. The Morgan fingerprint density at radius 1 is 1.12 bits per heavy atom. The molecule has 0 aliphatic carbocycles. The molecule has 0 saturated heterocycles. The molecule has 0 unspecified atom stereocenters. The molecule has 0 fully saturated rings. The zero-order valence-corrected chi connectivity index (χ0v) is 13.7. The van der Waals surface area contributed by atoms with Crippen molar-refractivity contribution in [2.24, 2.45) is 0 Å². The van der Waals surface area contributed by atoms with Crippen LogP contribution in [-0.2, 0) is 0 Å². The number of nitrogens with one attached hydrogen (secondary N) is 2. The van der Waals surface area contributed by atoms with E-state index in [1.807, 2.05) is 73.9 Å². The van der Waals surface area contributed by atoms with Gasteiger partial charge in [-0.2, -0.15) is 0 Å². The number of carbonyl (C=O) groups excluding carboxylic acids is 1. The highest BCUT2D eigenvalue weighted by molar-refractivity contribution is 6.05. The van der Waals surface area contributed by atoms with E-state index in [1.165, 1.54) is 0 Å². The molecule has 1 amide bonds. The number of amides is 1. The highest BCUT2D eigenvalue weighted by Crippen LogP contribution is 2.18. The molecule has 4 rings (SSSR count). The van der Waals surface area contributed by atoms with Gasteiger partial charge in [-0.05, 0) is 31.2 Å². The highest BCUT2D eigenvalue weighted by atomic mass is 16.1. The Morgan fingerprint density at radius 3 is 2.80 bits per heavy atom. The van der Waals surface area contributed by atoms with Crippen molar-refractivity contribution in [3.05, 3.63) is 78.2 Å². The van der Waals surface area contributed by atoms with Crippen molar-refractivity contribution >= 4 is 16.8 Å². The van der Waals surface area contributed by atoms with E-state index in [0.29, 0.717) is 11.3 Å². The molecule has 0 bridgehead atoms. The lowest BCUT2D eigenvalue weighted by Gasteiger charge is -2.11. The number of aromatic amines is 1. The van der Waals surface area contributed by atoms with Crippen LogP contribution in [0, 0.1) is 0 Å². The first kappa shape index (κ1) is 15.1. The minimum atomic E-state index is -0.254. The largest absolute Gasteiger partial charge is 0.361 e. The molecule has 0 aliphatic rings. The lowest BCUT2D eigenvalue weighted by molar-refractivity contribution is 0.0940. The molecule has 2 aromatic carbocycles. The smallest absolute Gasteiger partial charge is 0.253 e. The van der Waals surface area contributed by atoms with Gasteiger partial charge >= 0.3 is 0 Å². The number of carbonyl (C=O) groups is 1. The number of nitrogens with zero attached hydrogens (tertiary/aromatic N) is 3. The van der Waals surface area contributed by atoms with E-state index < -0.39 is 0 Å². The Balaban J connectivity index is 1.54. The van der Waals surface area contributed by atoms with Gasteiger partial charge in [-0.25, -0.2) is 4.68 Å². The second kappa shape index (κ2) is 6.24. The summed E-state index contributed by atoms with van der Waals surface area (Å²) < 4.78 is 1.70. The summed E-state index contributed by atoms with van der Waals surface area (Å²) >= 11 is 0. The van der Waals surface area contributed by atoms with Crippen LogP contribution < -0.4 is 5.32 Å². The number of rotatable bonds is 4.